The molecule has 0 radical (unpaired) electrons. The second-order valence-corrected chi connectivity index (χ2v) is 35.1. The first-order valence-electron chi connectivity index (χ1n) is 54.9. The summed E-state index contributed by atoms with van der Waals surface area (Å²) < 4.78 is 200. The van der Waals surface area contributed by atoms with Gasteiger partial charge in [-0.3, -0.25) is 18.6 Å². The van der Waals surface area contributed by atoms with Gasteiger partial charge in [0.05, 0.1) is 390 Å². The van der Waals surface area contributed by atoms with Crippen molar-refractivity contribution in [2.24, 2.45) is 0 Å². The molecule has 0 aliphatic heterocycles. The normalized spacial score (nSPS) is 12.4. The Morgan fingerprint density at radius 2 is 0.368 bits per heavy atom. The van der Waals surface area contributed by atoms with Crippen molar-refractivity contribution in [3.8, 4) is 0 Å². The van der Waals surface area contributed by atoms with Crippen LogP contribution in [0.2, 0.25) is 0 Å². The van der Waals surface area contributed by atoms with E-state index in [1.165, 1.54) is 141 Å². The molecule has 0 heterocycles. The van der Waals surface area contributed by atoms with Gasteiger partial charge in [0.2, 0.25) is 0 Å². The van der Waals surface area contributed by atoms with E-state index < -0.39 is 38.6 Å². The largest absolute Gasteiger partial charge is 0.472 e. The molecular weight excluding hydrogens is 1910 g/mol. The van der Waals surface area contributed by atoms with Gasteiger partial charge < -0.3 is 162 Å². The lowest BCUT2D eigenvalue weighted by atomic mass is 10.0. The zero-order chi connectivity index (χ0) is 103. The molecule has 1 unspecified atom stereocenters. The Balaban J connectivity index is 3.53. The molecule has 0 saturated heterocycles. The lowest BCUT2D eigenvalue weighted by Gasteiger charge is -2.20. The Hall–Kier alpha value is -2.84. The number of unbranched alkanes of at least 4 members (excludes halogenated alkanes) is 28. The Morgan fingerprint density at radius 1 is 0.194 bits per heavy atom. The van der Waals surface area contributed by atoms with Gasteiger partial charge in [-0.2, -0.15) is 0 Å². The molecule has 41 heteroatoms. The van der Waals surface area contributed by atoms with Crippen molar-refractivity contribution in [1.29, 1.82) is 0 Å². The van der Waals surface area contributed by atoms with E-state index in [2.05, 4.69) is 26.1 Å². The number of hydrogen-bond donors (Lipinski definition) is 2. The van der Waals surface area contributed by atoms with E-state index in [-0.39, 0.29) is 52.4 Å². The summed E-state index contributed by atoms with van der Waals surface area (Å²) in [7, 11) is -4.67. The molecular formula is C103H204NO39P. The van der Waals surface area contributed by atoms with Crippen LogP contribution in [0.4, 0.5) is 4.79 Å². The Bertz CT molecular complexity index is 2500. The molecule has 0 spiro atoms. The molecule has 860 valence electrons. The van der Waals surface area contributed by atoms with Gasteiger partial charge in [-0.15, -0.1) is 0 Å². The van der Waals surface area contributed by atoms with E-state index in [1.54, 1.807) is 0 Å². The van der Waals surface area contributed by atoms with Crippen LogP contribution in [0.25, 0.3) is 0 Å². The van der Waals surface area contributed by atoms with Crippen LogP contribution in [0.5, 0.6) is 0 Å². The van der Waals surface area contributed by atoms with Gasteiger partial charge in [0.15, 0.2) is 6.10 Å². The van der Waals surface area contributed by atoms with Crippen molar-refractivity contribution in [2.45, 2.75) is 239 Å². The minimum absolute atomic E-state index is 0.0407. The third-order valence-corrected chi connectivity index (χ3v) is 22.0. The van der Waals surface area contributed by atoms with Crippen LogP contribution in [0, 0.1) is 0 Å². The molecule has 40 nitrogen and oxygen atoms in total. The fourth-order valence-corrected chi connectivity index (χ4v) is 13.8. The Morgan fingerprint density at radius 3 is 0.562 bits per heavy atom. The number of nitrogens with one attached hydrogen (secondary N) is 1. The number of carbonyl (C=O) groups is 3. The highest BCUT2D eigenvalue weighted by atomic mass is 31.2. The second kappa shape index (κ2) is 127. The minimum atomic E-state index is -4.67. The highest BCUT2D eigenvalue weighted by molar-refractivity contribution is 7.47. The quantitative estimate of drug-likeness (QED) is 0.0247. The van der Waals surface area contributed by atoms with Gasteiger partial charge in [0.1, 0.15) is 13.2 Å². The summed E-state index contributed by atoms with van der Waals surface area (Å²) in [5.41, 5.74) is 0. The van der Waals surface area contributed by atoms with Crippen LogP contribution in [0.3, 0.4) is 0 Å². The standard InChI is InChI=1S/C103H204NO39P/c1-4-7-9-11-13-15-17-19-21-23-25-27-29-31-33-35-101(105)140-98-100(143-102(106)36-34-32-30-28-26-24-22-20-18-16-14-12-10-8-5-2)99-142-144(108,109)141-39-37-104-103(107)139-97-96-138-95-94-137-93-92-136-91-90-135-89-88-134-87-86-133-85-84-132-83-82-131-81-80-130-79-78-129-77-76-128-75-74-127-73-72-126-71-70-125-69-68-124-67-66-123-65-64-122-63-62-121-61-60-120-59-58-119-57-56-118-55-54-117-53-52-116-51-50-115-49-48-114-47-46-113-45-44-112-43-42-111-41-40-110-38-6-3/h100H,4-99H2,1-3H3,(H,104,107)(H,108,109)/t100-/m1/s1. The molecule has 2 N–H and O–H groups in total. The summed E-state index contributed by atoms with van der Waals surface area (Å²) in [4.78, 5) is 48.3. The number of hydrogen-bond acceptors (Lipinski definition) is 38. The van der Waals surface area contributed by atoms with Crippen LogP contribution in [0.15, 0.2) is 0 Å². The molecule has 0 rings (SSSR count). The molecule has 0 aromatic carbocycles. The number of phosphoric acid groups is 1. The summed E-state index contributed by atoms with van der Waals surface area (Å²) >= 11 is 0. The fraction of sp³-hybridized carbons (Fsp3) is 0.971. The summed E-state index contributed by atoms with van der Waals surface area (Å²) in [5.74, 6) is -0.937. The molecule has 0 aromatic heterocycles. The van der Waals surface area contributed by atoms with Crippen molar-refractivity contribution in [1.82, 2.24) is 5.32 Å². The number of rotatable bonds is 131. The second-order valence-electron chi connectivity index (χ2n) is 33.6. The van der Waals surface area contributed by atoms with Crippen LogP contribution < -0.4 is 5.32 Å². The molecule has 0 fully saturated rings. The Kier molecular flexibility index (Phi) is 125. The molecule has 2 atom stereocenters. The number of ether oxygens (including phenoxy) is 32. The third-order valence-electron chi connectivity index (χ3n) is 21.0. The molecule has 0 aliphatic rings. The summed E-state index contributed by atoms with van der Waals surface area (Å²) in [5, 5.41) is 2.44. The molecule has 0 bridgehead atoms. The molecule has 144 heavy (non-hydrogen) atoms. The zero-order valence-corrected chi connectivity index (χ0v) is 90.8. The first-order valence-corrected chi connectivity index (χ1v) is 56.3. The van der Waals surface area contributed by atoms with Gasteiger partial charge in [-0.05, 0) is 19.3 Å². The fourth-order valence-electron chi connectivity index (χ4n) is 13.1. The predicted octanol–water partition coefficient (Wildman–Crippen LogP) is 13.7. The zero-order valence-electron chi connectivity index (χ0n) is 89.9. The Labute approximate surface area is 866 Å². The minimum Gasteiger partial charge on any atom is -0.462 e. The van der Waals surface area contributed by atoms with Crippen molar-refractivity contribution in [2.75, 3.05) is 416 Å². The first-order chi connectivity index (χ1) is 71.2. The smallest absolute Gasteiger partial charge is 0.462 e. The van der Waals surface area contributed by atoms with E-state index in [9.17, 15) is 23.8 Å². The van der Waals surface area contributed by atoms with Crippen molar-refractivity contribution >= 4 is 25.9 Å². The van der Waals surface area contributed by atoms with Gasteiger partial charge >= 0.3 is 25.9 Å². The van der Waals surface area contributed by atoms with E-state index in [0.29, 0.717) is 376 Å². The maximum Gasteiger partial charge on any atom is 0.472 e. The molecule has 0 aliphatic carbocycles. The van der Waals surface area contributed by atoms with Crippen molar-refractivity contribution in [3.63, 3.8) is 0 Å². The summed E-state index contributed by atoms with van der Waals surface area (Å²) in [6.07, 6.45) is 35.8. The summed E-state index contributed by atoms with van der Waals surface area (Å²) in [6.45, 7) is 32.1. The topological polar surface area (TPSA) is 414 Å². The highest BCUT2D eigenvalue weighted by Crippen LogP contribution is 2.43. The number of amides is 1. The molecule has 0 saturated carbocycles. The number of esters is 2. The summed E-state index contributed by atoms with van der Waals surface area (Å²) in [6, 6.07) is 0. The van der Waals surface area contributed by atoms with Gasteiger partial charge in [0, 0.05) is 26.0 Å². The van der Waals surface area contributed by atoms with Crippen LogP contribution in [-0.2, 0) is 175 Å². The maximum absolute atomic E-state index is 12.9. The van der Waals surface area contributed by atoms with Crippen molar-refractivity contribution < 1.29 is 184 Å². The van der Waals surface area contributed by atoms with E-state index in [1.807, 2.05) is 0 Å². The van der Waals surface area contributed by atoms with Gasteiger partial charge in [-0.1, -0.05) is 201 Å². The van der Waals surface area contributed by atoms with Gasteiger partial charge in [0.25, 0.3) is 0 Å². The monoisotopic (exact) mass is 2110 g/mol. The SMILES string of the molecule is CCCCCCCCCCCCCCCCCC(=O)OC[C@H](COP(=O)(O)OCCNC(=O)OCCOCCOCCOCCOCCOCCOCCOCCOCCOCCOCCOCCOCCOCCOCCOCCOCCOCCOCCOCCOCCOCCOCCOCCOCCOCCOCCOCCOCCOCCC)OC(=O)CCCCCCCCCCCCCCCCC. The van der Waals surface area contributed by atoms with Crippen LogP contribution in [-0.4, -0.2) is 445 Å². The lowest BCUT2D eigenvalue weighted by molar-refractivity contribution is -0.161. The van der Waals surface area contributed by atoms with E-state index in [4.69, 9.17) is 161 Å². The van der Waals surface area contributed by atoms with E-state index in [0.717, 1.165) is 51.6 Å². The predicted molar refractivity (Wildman–Crippen MR) is 545 cm³/mol. The number of carbonyl (C=O) groups excluding carboxylic acids is 3. The molecule has 1 amide bonds. The van der Waals surface area contributed by atoms with Gasteiger partial charge in [-0.25, -0.2) is 9.36 Å². The lowest BCUT2D eigenvalue weighted by Crippen LogP contribution is -2.30. The van der Waals surface area contributed by atoms with Crippen molar-refractivity contribution in [3.05, 3.63) is 0 Å². The third kappa shape index (κ3) is 126. The first kappa shape index (κ1) is 141. The van der Waals surface area contributed by atoms with E-state index >= 15 is 0 Å². The van der Waals surface area contributed by atoms with Crippen LogP contribution in [0.1, 0.15) is 233 Å². The molecule has 0 aromatic rings. The average Bonchev–Trinajstić information content (AvgIpc) is 0.904. The maximum atomic E-state index is 12.9. The highest BCUT2D eigenvalue weighted by Gasteiger charge is 2.27. The van der Waals surface area contributed by atoms with Crippen LogP contribution >= 0.6 is 7.82 Å². The number of alkyl carbamates (subject to hydrolysis) is 1. The number of phosphoric ester groups is 1. The average molecular weight is 2110 g/mol.